The smallest absolute Gasteiger partial charge is 0.182 e. The standard InChI is InChI=1S/C19H24N2O3S/c22-17-6-8-18(9-7-17)25(23,24)19-10-13-21(15-19)12-2-1-4-16-5-3-11-20-14-16/h3,5-9,11,14,19,22H,1-2,4,10,12-13,15H2. The highest BCUT2D eigenvalue weighted by Gasteiger charge is 2.33. The lowest BCUT2D eigenvalue weighted by atomic mass is 10.1. The fourth-order valence-electron chi connectivity index (χ4n) is 3.29. The molecule has 2 aromatic rings. The Labute approximate surface area is 149 Å². The second-order valence-corrected chi connectivity index (χ2v) is 8.80. The van der Waals surface area contributed by atoms with Crippen LogP contribution < -0.4 is 0 Å². The molecule has 2 heterocycles. The number of aryl methyl sites for hydroxylation is 1. The van der Waals surface area contributed by atoms with Gasteiger partial charge in [-0.15, -0.1) is 0 Å². The number of aromatic hydroxyl groups is 1. The van der Waals surface area contributed by atoms with Crippen LogP contribution in [0.2, 0.25) is 0 Å². The molecule has 0 radical (unpaired) electrons. The number of phenols is 1. The summed E-state index contributed by atoms with van der Waals surface area (Å²) in [6, 6.07) is 9.87. The van der Waals surface area contributed by atoms with Gasteiger partial charge in [-0.3, -0.25) is 4.98 Å². The molecule has 0 aliphatic carbocycles. The summed E-state index contributed by atoms with van der Waals surface area (Å²) in [5.41, 5.74) is 1.25. The maximum atomic E-state index is 12.7. The van der Waals surface area contributed by atoms with Gasteiger partial charge in [-0.25, -0.2) is 8.42 Å². The number of hydrogen-bond acceptors (Lipinski definition) is 5. The van der Waals surface area contributed by atoms with E-state index in [9.17, 15) is 13.5 Å². The van der Waals surface area contributed by atoms with Crippen LogP contribution in [0.15, 0.2) is 53.7 Å². The third-order valence-corrected chi connectivity index (χ3v) is 6.94. The molecule has 1 unspecified atom stereocenters. The number of phenolic OH excluding ortho intramolecular Hbond substituents is 1. The average molecular weight is 360 g/mol. The van der Waals surface area contributed by atoms with E-state index in [2.05, 4.69) is 16.0 Å². The molecule has 1 fully saturated rings. The number of aromatic nitrogens is 1. The first-order chi connectivity index (χ1) is 12.1. The lowest BCUT2D eigenvalue weighted by Gasteiger charge is -2.16. The molecule has 1 aliphatic heterocycles. The third kappa shape index (κ3) is 4.58. The van der Waals surface area contributed by atoms with Crippen LogP contribution >= 0.6 is 0 Å². The summed E-state index contributed by atoms with van der Waals surface area (Å²) in [4.78, 5) is 6.66. The molecule has 0 spiro atoms. The predicted molar refractivity (Wildman–Crippen MR) is 97.3 cm³/mol. The Bertz CT molecular complexity index is 776. The quantitative estimate of drug-likeness (QED) is 0.769. The highest BCUT2D eigenvalue weighted by atomic mass is 32.2. The minimum absolute atomic E-state index is 0.0839. The van der Waals surface area contributed by atoms with Crippen LogP contribution in [-0.4, -0.2) is 48.3 Å². The summed E-state index contributed by atoms with van der Waals surface area (Å²) in [5.74, 6) is 0.0839. The highest BCUT2D eigenvalue weighted by molar-refractivity contribution is 7.92. The normalized spacial score (nSPS) is 18.5. The molecule has 1 aliphatic rings. The molecule has 1 atom stereocenters. The molecule has 134 valence electrons. The Kier molecular flexibility index (Phi) is 5.71. The van der Waals surface area contributed by atoms with Crippen LogP contribution in [0, 0.1) is 0 Å². The molecule has 5 nitrogen and oxygen atoms in total. The van der Waals surface area contributed by atoms with Crippen LogP contribution in [0.1, 0.15) is 24.8 Å². The van der Waals surface area contributed by atoms with E-state index >= 15 is 0 Å². The van der Waals surface area contributed by atoms with Crippen molar-refractivity contribution in [3.05, 3.63) is 54.4 Å². The first-order valence-corrected chi connectivity index (χ1v) is 10.2. The Morgan fingerprint density at radius 3 is 2.68 bits per heavy atom. The zero-order valence-electron chi connectivity index (χ0n) is 14.2. The molecule has 3 rings (SSSR count). The lowest BCUT2D eigenvalue weighted by molar-refractivity contribution is 0.330. The van der Waals surface area contributed by atoms with Gasteiger partial charge < -0.3 is 10.0 Å². The second kappa shape index (κ2) is 7.97. The summed E-state index contributed by atoms with van der Waals surface area (Å²) < 4.78 is 25.4. The third-order valence-electron chi connectivity index (χ3n) is 4.75. The molecule has 0 amide bonds. The Morgan fingerprint density at radius 2 is 1.96 bits per heavy atom. The van der Waals surface area contributed by atoms with Gasteiger partial charge in [0.15, 0.2) is 9.84 Å². The Balaban J connectivity index is 1.47. The summed E-state index contributed by atoms with van der Waals surface area (Å²) in [5, 5.41) is 8.97. The highest BCUT2D eigenvalue weighted by Crippen LogP contribution is 2.25. The largest absolute Gasteiger partial charge is 0.508 e. The van der Waals surface area contributed by atoms with Gasteiger partial charge in [-0.05, 0) is 74.7 Å². The van der Waals surface area contributed by atoms with Gasteiger partial charge in [-0.1, -0.05) is 6.07 Å². The number of likely N-dealkylation sites (tertiary alicyclic amines) is 1. The van der Waals surface area contributed by atoms with Crippen LogP contribution in [0.4, 0.5) is 0 Å². The maximum Gasteiger partial charge on any atom is 0.182 e. The van der Waals surface area contributed by atoms with Crippen LogP contribution in [0.25, 0.3) is 0 Å². The van der Waals surface area contributed by atoms with Crippen LogP contribution in [0.3, 0.4) is 0 Å². The van der Waals surface area contributed by atoms with Crippen molar-refractivity contribution in [3.8, 4) is 5.75 Å². The first kappa shape index (κ1) is 17.9. The number of pyridine rings is 1. The second-order valence-electron chi connectivity index (χ2n) is 6.57. The van der Waals surface area contributed by atoms with Crippen molar-refractivity contribution in [1.82, 2.24) is 9.88 Å². The first-order valence-electron chi connectivity index (χ1n) is 8.70. The van der Waals surface area contributed by atoms with Crippen molar-refractivity contribution >= 4 is 9.84 Å². The molecule has 6 heteroatoms. The van der Waals surface area contributed by atoms with Gasteiger partial charge in [0.1, 0.15) is 5.75 Å². The average Bonchev–Trinajstić information content (AvgIpc) is 3.10. The number of unbranched alkanes of at least 4 members (excludes halogenated alkanes) is 1. The molecule has 1 saturated heterocycles. The van der Waals surface area contributed by atoms with Crippen molar-refractivity contribution in [2.75, 3.05) is 19.6 Å². The molecule has 1 aromatic heterocycles. The van der Waals surface area contributed by atoms with Crippen LogP contribution in [0.5, 0.6) is 5.75 Å². The Morgan fingerprint density at radius 1 is 1.16 bits per heavy atom. The number of rotatable bonds is 7. The minimum atomic E-state index is -3.32. The van der Waals surface area contributed by atoms with Gasteiger partial charge in [0.2, 0.25) is 0 Å². The summed E-state index contributed by atoms with van der Waals surface area (Å²) >= 11 is 0. The van der Waals surface area contributed by atoms with E-state index in [1.807, 2.05) is 12.3 Å². The summed E-state index contributed by atoms with van der Waals surface area (Å²) in [6.45, 7) is 2.35. The lowest BCUT2D eigenvalue weighted by Crippen LogP contribution is -2.27. The minimum Gasteiger partial charge on any atom is -0.508 e. The fraction of sp³-hybridized carbons (Fsp3) is 0.421. The van der Waals surface area contributed by atoms with E-state index < -0.39 is 9.84 Å². The van der Waals surface area contributed by atoms with E-state index in [-0.39, 0.29) is 11.0 Å². The summed E-state index contributed by atoms with van der Waals surface area (Å²) in [7, 11) is -3.32. The number of nitrogens with zero attached hydrogens (tertiary/aromatic N) is 2. The van der Waals surface area contributed by atoms with E-state index in [0.717, 1.165) is 32.4 Å². The van der Waals surface area contributed by atoms with Gasteiger partial charge in [0, 0.05) is 18.9 Å². The zero-order valence-corrected chi connectivity index (χ0v) is 15.0. The molecule has 25 heavy (non-hydrogen) atoms. The van der Waals surface area contributed by atoms with Crippen molar-refractivity contribution in [2.24, 2.45) is 0 Å². The van der Waals surface area contributed by atoms with E-state index in [4.69, 9.17) is 0 Å². The van der Waals surface area contributed by atoms with Gasteiger partial charge in [-0.2, -0.15) is 0 Å². The zero-order chi connectivity index (χ0) is 17.7. The van der Waals surface area contributed by atoms with Crippen molar-refractivity contribution < 1.29 is 13.5 Å². The van der Waals surface area contributed by atoms with Crippen molar-refractivity contribution in [3.63, 3.8) is 0 Å². The van der Waals surface area contributed by atoms with Gasteiger partial charge >= 0.3 is 0 Å². The van der Waals surface area contributed by atoms with Gasteiger partial charge in [0.25, 0.3) is 0 Å². The molecule has 1 N–H and O–H groups in total. The molecular weight excluding hydrogens is 336 g/mol. The number of hydrogen-bond donors (Lipinski definition) is 1. The molecular formula is C19H24N2O3S. The maximum absolute atomic E-state index is 12.7. The fourth-order valence-corrected chi connectivity index (χ4v) is 5.02. The Hall–Kier alpha value is -1.92. The van der Waals surface area contributed by atoms with E-state index in [0.29, 0.717) is 17.9 Å². The SMILES string of the molecule is O=S(=O)(c1ccc(O)cc1)C1CCN(CCCCc2cccnc2)C1. The molecule has 0 saturated carbocycles. The van der Waals surface area contributed by atoms with E-state index in [1.165, 1.54) is 29.8 Å². The topological polar surface area (TPSA) is 70.5 Å². The molecule has 1 aromatic carbocycles. The number of benzene rings is 1. The van der Waals surface area contributed by atoms with E-state index in [1.54, 1.807) is 6.20 Å². The van der Waals surface area contributed by atoms with Crippen LogP contribution in [-0.2, 0) is 16.3 Å². The predicted octanol–water partition coefficient (Wildman–Crippen LogP) is 2.66. The van der Waals surface area contributed by atoms with Crippen molar-refractivity contribution in [1.29, 1.82) is 0 Å². The van der Waals surface area contributed by atoms with Crippen molar-refractivity contribution in [2.45, 2.75) is 35.8 Å². The van der Waals surface area contributed by atoms with Gasteiger partial charge in [0.05, 0.1) is 10.1 Å². The monoisotopic (exact) mass is 360 g/mol. The number of sulfone groups is 1. The molecule has 0 bridgehead atoms. The summed E-state index contributed by atoms with van der Waals surface area (Å²) in [6.07, 6.45) is 7.50.